The van der Waals surface area contributed by atoms with Crippen LogP contribution in [0.15, 0.2) is 72.5 Å². The summed E-state index contributed by atoms with van der Waals surface area (Å²) in [5, 5.41) is 22.6. The molecule has 0 spiro atoms. The maximum atomic E-state index is 13.8. The smallest absolute Gasteiger partial charge is 0.224 e. The molecule has 3 aromatic rings. The molecule has 1 aromatic heterocycles. The molecule has 0 fully saturated rings. The molecule has 1 heterocycles. The van der Waals surface area contributed by atoms with Gasteiger partial charge in [0.05, 0.1) is 5.69 Å². The number of pyridine rings is 1. The zero-order chi connectivity index (χ0) is 27.2. The van der Waals surface area contributed by atoms with Gasteiger partial charge in [-0.1, -0.05) is 24.6 Å². The van der Waals surface area contributed by atoms with Crippen molar-refractivity contribution in [1.82, 2.24) is 4.98 Å². The Hall–Kier alpha value is -3.52. The molecule has 8 heteroatoms. The van der Waals surface area contributed by atoms with E-state index in [4.69, 9.17) is 16.3 Å². The van der Waals surface area contributed by atoms with Gasteiger partial charge < -0.3 is 20.3 Å². The predicted molar refractivity (Wildman–Crippen MR) is 147 cm³/mol. The first-order valence-electron chi connectivity index (χ1n) is 12.5. The molecule has 0 bridgehead atoms. The van der Waals surface area contributed by atoms with Crippen molar-refractivity contribution in [2.24, 2.45) is 5.92 Å². The normalized spacial score (nSPS) is 15.2. The maximum absolute atomic E-state index is 13.8. The van der Waals surface area contributed by atoms with Crippen molar-refractivity contribution in [3.05, 3.63) is 100 Å². The van der Waals surface area contributed by atoms with Gasteiger partial charge in [0.15, 0.2) is 6.29 Å². The highest BCUT2D eigenvalue weighted by atomic mass is 35.5. The van der Waals surface area contributed by atoms with Crippen LogP contribution in [0.3, 0.4) is 0 Å². The monoisotopic (exact) mass is 536 g/mol. The zero-order valence-electron chi connectivity index (χ0n) is 21.2. The molecule has 1 unspecified atom stereocenters. The zero-order valence-corrected chi connectivity index (χ0v) is 22.0. The highest BCUT2D eigenvalue weighted by molar-refractivity contribution is 6.30. The van der Waals surface area contributed by atoms with Crippen molar-refractivity contribution in [1.29, 1.82) is 0 Å². The maximum Gasteiger partial charge on any atom is 0.224 e. The molecule has 1 aliphatic rings. The minimum atomic E-state index is -1.53. The molecule has 1 aliphatic carbocycles. The van der Waals surface area contributed by atoms with Crippen LogP contribution in [0.2, 0.25) is 5.02 Å². The minimum absolute atomic E-state index is 0.151. The van der Waals surface area contributed by atoms with Crippen molar-refractivity contribution in [2.75, 3.05) is 5.32 Å². The Labute approximate surface area is 226 Å². The Morgan fingerprint density at radius 2 is 1.97 bits per heavy atom. The van der Waals surface area contributed by atoms with Crippen molar-refractivity contribution in [2.45, 2.75) is 45.8 Å². The molecule has 1 atom stereocenters. The van der Waals surface area contributed by atoms with Crippen LogP contribution in [0.4, 0.5) is 10.1 Å². The minimum Gasteiger partial charge on any atom is -0.457 e. The van der Waals surface area contributed by atoms with E-state index in [1.54, 1.807) is 48.7 Å². The summed E-state index contributed by atoms with van der Waals surface area (Å²) in [4.78, 5) is 16.9. The Kier molecular flexibility index (Phi) is 8.94. The molecule has 4 rings (SSSR count). The lowest BCUT2D eigenvalue weighted by molar-refractivity contribution is -0.116. The number of carbonyl (C=O) groups excluding carboxylic acids is 1. The van der Waals surface area contributed by atoms with E-state index in [1.165, 1.54) is 12.1 Å². The number of hydrogen-bond donors (Lipinski definition) is 3. The van der Waals surface area contributed by atoms with E-state index in [9.17, 15) is 19.4 Å². The second-order valence-corrected chi connectivity index (χ2v) is 9.87. The van der Waals surface area contributed by atoms with Crippen LogP contribution in [0.5, 0.6) is 11.5 Å². The van der Waals surface area contributed by atoms with Gasteiger partial charge in [0.25, 0.3) is 0 Å². The average Bonchev–Trinajstić information content (AvgIpc) is 2.88. The number of nitrogens with zero attached hydrogens (tertiary/aromatic N) is 1. The van der Waals surface area contributed by atoms with Crippen LogP contribution < -0.4 is 10.1 Å². The number of aryl methyl sites for hydroxylation is 1. The van der Waals surface area contributed by atoms with Gasteiger partial charge in [-0.15, -0.1) is 0 Å². The summed E-state index contributed by atoms with van der Waals surface area (Å²) in [7, 11) is 0. The van der Waals surface area contributed by atoms with Crippen molar-refractivity contribution >= 4 is 28.8 Å². The van der Waals surface area contributed by atoms with Crippen molar-refractivity contribution in [3.8, 4) is 11.5 Å². The third-order valence-corrected chi connectivity index (χ3v) is 6.58. The van der Waals surface area contributed by atoms with Gasteiger partial charge in [-0.2, -0.15) is 0 Å². The quantitative estimate of drug-likeness (QED) is 0.268. The first kappa shape index (κ1) is 27.5. The van der Waals surface area contributed by atoms with Gasteiger partial charge >= 0.3 is 0 Å². The number of benzene rings is 2. The first-order chi connectivity index (χ1) is 18.2. The molecular formula is C30H30ClFN2O4. The number of halogens is 2. The number of allylic oxidation sites excluding steroid dienone is 2. The highest BCUT2D eigenvalue weighted by Crippen LogP contribution is 2.35. The van der Waals surface area contributed by atoms with E-state index in [2.05, 4.69) is 10.3 Å². The van der Waals surface area contributed by atoms with Gasteiger partial charge in [-0.05, 0) is 97.8 Å². The Morgan fingerprint density at radius 3 is 2.71 bits per heavy atom. The van der Waals surface area contributed by atoms with E-state index in [-0.39, 0.29) is 24.1 Å². The molecule has 198 valence electrons. The number of aromatic nitrogens is 1. The molecule has 1 amide bonds. The van der Waals surface area contributed by atoms with E-state index in [0.717, 1.165) is 23.3 Å². The van der Waals surface area contributed by atoms with Crippen LogP contribution in [-0.4, -0.2) is 27.4 Å². The predicted octanol–water partition coefficient (Wildman–Crippen LogP) is 6.60. The lowest BCUT2D eigenvalue weighted by atomic mass is 9.88. The van der Waals surface area contributed by atoms with E-state index < -0.39 is 6.29 Å². The van der Waals surface area contributed by atoms with Gasteiger partial charge in [0.2, 0.25) is 5.91 Å². The summed E-state index contributed by atoms with van der Waals surface area (Å²) in [6, 6.07) is 13.2. The summed E-state index contributed by atoms with van der Waals surface area (Å²) < 4.78 is 19.9. The standard InChI is InChI=1S/C30H30ClFN2O4/c1-18-14-21(16-22(15-18)30(36)37)29-19(2)27(12-13-33-29)38-25-9-7-24(8-10-25)34-28(35)5-3-4-20-17-23(31)6-11-26(20)32/h6-13,15-18,30,36-37H,3-5,14H2,1-2H3,(H,34,35). The fraction of sp³-hybridized carbons (Fsp3) is 0.267. The summed E-state index contributed by atoms with van der Waals surface area (Å²) in [5.74, 6) is 0.897. The molecular weight excluding hydrogens is 507 g/mol. The van der Waals surface area contributed by atoms with E-state index in [1.807, 2.05) is 19.9 Å². The molecule has 38 heavy (non-hydrogen) atoms. The van der Waals surface area contributed by atoms with Crippen LogP contribution in [-0.2, 0) is 11.2 Å². The van der Waals surface area contributed by atoms with Crippen molar-refractivity contribution < 1.29 is 24.1 Å². The number of amides is 1. The lowest BCUT2D eigenvalue weighted by Crippen LogP contribution is -2.13. The molecule has 0 radical (unpaired) electrons. The number of hydrogen-bond acceptors (Lipinski definition) is 5. The molecule has 0 saturated carbocycles. The van der Waals surface area contributed by atoms with E-state index in [0.29, 0.717) is 46.2 Å². The molecule has 6 nitrogen and oxygen atoms in total. The topological polar surface area (TPSA) is 91.7 Å². The third-order valence-electron chi connectivity index (χ3n) is 6.34. The second kappa shape index (κ2) is 12.3. The van der Waals surface area contributed by atoms with Crippen LogP contribution in [0, 0.1) is 18.7 Å². The molecule has 2 aromatic carbocycles. The number of nitrogens with one attached hydrogen (secondary N) is 1. The fourth-order valence-corrected chi connectivity index (χ4v) is 4.65. The molecule has 3 N–H and O–H groups in total. The van der Waals surface area contributed by atoms with Crippen LogP contribution >= 0.6 is 11.6 Å². The summed E-state index contributed by atoms with van der Waals surface area (Å²) in [6.07, 6.45) is 5.66. The largest absolute Gasteiger partial charge is 0.457 e. The van der Waals surface area contributed by atoms with E-state index >= 15 is 0 Å². The number of anilines is 1. The molecule has 0 saturated heterocycles. The van der Waals surface area contributed by atoms with Crippen molar-refractivity contribution in [3.63, 3.8) is 0 Å². The second-order valence-electron chi connectivity index (χ2n) is 9.44. The Bertz CT molecular complexity index is 1370. The van der Waals surface area contributed by atoms with Crippen LogP contribution in [0.1, 0.15) is 43.0 Å². The van der Waals surface area contributed by atoms with Gasteiger partial charge in [0.1, 0.15) is 17.3 Å². The highest BCUT2D eigenvalue weighted by Gasteiger charge is 2.20. The third kappa shape index (κ3) is 7.07. The summed E-state index contributed by atoms with van der Waals surface area (Å²) in [5.41, 5.74) is 4.10. The van der Waals surface area contributed by atoms with Gasteiger partial charge in [0, 0.05) is 34.5 Å². The van der Waals surface area contributed by atoms with Gasteiger partial charge in [-0.3, -0.25) is 9.78 Å². The summed E-state index contributed by atoms with van der Waals surface area (Å²) >= 11 is 5.92. The van der Waals surface area contributed by atoms with Crippen LogP contribution in [0.25, 0.3) is 5.57 Å². The average molecular weight is 537 g/mol. The number of aliphatic hydroxyl groups excluding tert-OH is 1. The Balaban J connectivity index is 1.36. The number of carbonyl (C=O) groups is 1. The Morgan fingerprint density at radius 1 is 1.21 bits per heavy atom. The fourth-order valence-electron chi connectivity index (χ4n) is 4.45. The van der Waals surface area contributed by atoms with Gasteiger partial charge in [-0.25, -0.2) is 4.39 Å². The lowest BCUT2D eigenvalue weighted by Gasteiger charge is -2.21. The number of rotatable bonds is 9. The molecule has 0 aliphatic heterocycles. The summed E-state index contributed by atoms with van der Waals surface area (Å²) in [6.45, 7) is 3.94. The first-order valence-corrected chi connectivity index (χ1v) is 12.8. The SMILES string of the molecule is Cc1c(Oc2ccc(NC(=O)CCCc3cc(Cl)ccc3F)cc2)ccnc1C1=CC(C(O)O)=CC(C)C1. The number of aliphatic hydroxyl groups is 2. The number of ether oxygens (including phenoxy) is 1.